The maximum Gasteiger partial charge on any atom is 0.387 e. The summed E-state index contributed by atoms with van der Waals surface area (Å²) in [5.41, 5.74) is 6.59. The molecule has 1 aromatic rings. The van der Waals surface area contributed by atoms with Gasteiger partial charge in [-0.25, -0.2) is 0 Å². The largest absolute Gasteiger partial charge is 0.435 e. The van der Waals surface area contributed by atoms with Gasteiger partial charge in [-0.05, 0) is 30.5 Å². The van der Waals surface area contributed by atoms with Gasteiger partial charge in [-0.1, -0.05) is 12.1 Å². The van der Waals surface area contributed by atoms with Crippen molar-refractivity contribution in [3.63, 3.8) is 0 Å². The highest BCUT2D eigenvalue weighted by molar-refractivity contribution is 5.85. The molecular formula is C12H16ClF2NO2. The van der Waals surface area contributed by atoms with Gasteiger partial charge in [0.05, 0.1) is 12.1 Å². The summed E-state index contributed by atoms with van der Waals surface area (Å²) in [4.78, 5) is 0. The van der Waals surface area contributed by atoms with E-state index in [2.05, 4.69) is 4.74 Å². The number of hydrogen-bond donors (Lipinski definition) is 1. The van der Waals surface area contributed by atoms with Crippen molar-refractivity contribution in [2.24, 2.45) is 5.73 Å². The molecule has 1 aromatic carbocycles. The van der Waals surface area contributed by atoms with Crippen molar-refractivity contribution < 1.29 is 18.3 Å². The molecule has 1 fully saturated rings. The molecule has 0 spiro atoms. The van der Waals surface area contributed by atoms with Crippen LogP contribution >= 0.6 is 12.4 Å². The molecule has 1 atom stereocenters. The molecule has 2 rings (SSSR count). The van der Waals surface area contributed by atoms with Crippen molar-refractivity contribution in [1.29, 1.82) is 0 Å². The molecule has 0 amide bonds. The third-order valence-electron chi connectivity index (χ3n) is 2.93. The minimum absolute atomic E-state index is 0. The molecule has 0 aliphatic carbocycles. The number of nitrogens with two attached hydrogens (primary N) is 1. The number of halogens is 3. The van der Waals surface area contributed by atoms with E-state index in [9.17, 15) is 8.78 Å². The number of alkyl halides is 2. The number of rotatable bonds is 3. The van der Waals surface area contributed by atoms with Crippen molar-refractivity contribution in [2.75, 3.05) is 13.2 Å². The Hall–Kier alpha value is -0.910. The van der Waals surface area contributed by atoms with Crippen LogP contribution in [0.25, 0.3) is 0 Å². The minimum atomic E-state index is -2.80. The predicted octanol–water partition coefficient (Wildman–Crippen LogP) is 2.67. The van der Waals surface area contributed by atoms with E-state index in [0.29, 0.717) is 6.61 Å². The minimum Gasteiger partial charge on any atom is -0.435 e. The Morgan fingerprint density at radius 3 is 2.44 bits per heavy atom. The van der Waals surface area contributed by atoms with E-state index < -0.39 is 12.2 Å². The zero-order valence-electron chi connectivity index (χ0n) is 9.77. The lowest BCUT2D eigenvalue weighted by Crippen LogP contribution is -2.44. The summed E-state index contributed by atoms with van der Waals surface area (Å²) in [6, 6.07) is 6.44. The Balaban J connectivity index is 0.00000162. The van der Waals surface area contributed by atoms with E-state index in [1.54, 1.807) is 12.1 Å². The SMILES string of the molecule is Cl.NC1(c2ccc(OC(F)F)cc2)CCCOC1. The molecule has 1 saturated heterocycles. The van der Waals surface area contributed by atoms with E-state index in [-0.39, 0.29) is 18.2 Å². The van der Waals surface area contributed by atoms with Crippen molar-refractivity contribution in [1.82, 2.24) is 0 Å². The van der Waals surface area contributed by atoms with E-state index in [4.69, 9.17) is 10.5 Å². The molecule has 1 aliphatic heterocycles. The summed E-state index contributed by atoms with van der Waals surface area (Å²) in [5.74, 6) is 0.143. The monoisotopic (exact) mass is 279 g/mol. The van der Waals surface area contributed by atoms with Crippen LogP contribution in [0, 0.1) is 0 Å². The van der Waals surface area contributed by atoms with Crippen LogP contribution in [0.1, 0.15) is 18.4 Å². The highest BCUT2D eigenvalue weighted by Gasteiger charge is 2.30. The topological polar surface area (TPSA) is 44.5 Å². The van der Waals surface area contributed by atoms with Crippen molar-refractivity contribution >= 4 is 12.4 Å². The molecule has 0 radical (unpaired) electrons. The first kappa shape index (κ1) is 15.1. The van der Waals surface area contributed by atoms with Gasteiger partial charge in [-0.15, -0.1) is 12.4 Å². The first-order valence-electron chi connectivity index (χ1n) is 5.52. The van der Waals surface area contributed by atoms with Crippen LogP contribution in [0.4, 0.5) is 8.78 Å². The van der Waals surface area contributed by atoms with Crippen LogP contribution in [0.5, 0.6) is 5.75 Å². The van der Waals surface area contributed by atoms with Gasteiger partial charge in [0.1, 0.15) is 5.75 Å². The maximum atomic E-state index is 12.0. The fourth-order valence-corrected chi connectivity index (χ4v) is 2.01. The molecule has 3 nitrogen and oxygen atoms in total. The molecule has 102 valence electrons. The zero-order chi connectivity index (χ0) is 12.3. The summed E-state index contributed by atoms with van der Waals surface area (Å²) in [5, 5.41) is 0. The van der Waals surface area contributed by atoms with E-state index in [0.717, 1.165) is 25.0 Å². The summed E-state index contributed by atoms with van der Waals surface area (Å²) in [7, 11) is 0. The lowest BCUT2D eigenvalue weighted by molar-refractivity contribution is -0.0498. The standard InChI is InChI=1S/C12H15F2NO2.ClH/c13-11(14)17-10-4-2-9(3-5-10)12(15)6-1-7-16-8-12;/h2-5,11H,1,6-8,15H2;1H. The second-order valence-corrected chi connectivity index (χ2v) is 4.22. The smallest absolute Gasteiger partial charge is 0.387 e. The fourth-order valence-electron chi connectivity index (χ4n) is 2.01. The number of hydrogen-bond acceptors (Lipinski definition) is 3. The second kappa shape index (κ2) is 6.31. The number of benzene rings is 1. The molecule has 0 saturated carbocycles. The highest BCUT2D eigenvalue weighted by Crippen LogP contribution is 2.29. The van der Waals surface area contributed by atoms with Gasteiger partial charge in [0, 0.05) is 6.61 Å². The Labute approximate surface area is 111 Å². The molecule has 1 aliphatic rings. The lowest BCUT2D eigenvalue weighted by Gasteiger charge is -2.33. The molecule has 18 heavy (non-hydrogen) atoms. The zero-order valence-corrected chi connectivity index (χ0v) is 10.6. The second-order valence-electron chi connectivity index (χ2n) is 4.22. The van der Waals surface area contributed by atoms with Gasteiger partial charge in [0.15, 0.2) is 0 Å². The van der Waals surface area contributed by atoms with E-state index in [1.165, 1.54) is 12.1 Å². The first-order chi connectivity index (χ1) is 8.10. The normalized spacial score (nSPS) is 23.6. The van der Waals surface area contributed by atoms with Gasteiger partial charge in [-0.3, -0.25) is 0 Å². The van der Waals surface area contributed by atoms with Gasteiger partial charge in [0.2, 0.25) is 0 Å². The van der Waals surface area contributed by atoms with Gasteiger partial charge < -0.3 is 15.2 Å². The summed E-state index contributed by atoms with van der Waals surface area (Å²) in [6.45, 7) is -1.61. The fraction of sp³-hybridized carbons (Fsp3) is 0.500. The van der Waals surface area contributed by atoms with Crippen LogP contribution < -0.4 is 10.5 Å². The number of ether oxygens (including phenoxy) is 2. The van der Waals surface area contributed by atoms with Gasteiger partial charge in [0.25, 0.3) is 0 Å². The van der Waals surface area contributed by atoms with Crippen molar-refractivity contribution in [3.05, 3.63) is 29.8 Å². The van der Waals surface area contributed by atoms with Gasteiger partial charge >= 0.3 is 6.61 Å². The molecule has 0 bridgehead atoms. The lowest BCUT2D eigenvalue weighted by atomic mass is 9.86. The summed E-state index contributed by atoms with van der Waals surface area (Å²) >= 11 is 0. The molecule has 0 aromatic heterocycles. The van der Waals surface area contributed by atoms with Crippen LogP contribution in [-0.4, -0.2) is 19.8 Å². The van der Waals surface area contributed by atoms with E-state index in [1.807, 2.05) is 0 Å². The maximum absolute atomic E-state index is 12.0. The van der Waals surface area contributed by atoms with Crippen LogP contribution in [0.2, 0.25) is 0 Å². The summed E-state index contributed by atoms with van der Waals surface area (Å²) in [6.07, 6.45) is 1.74. The highest BCUT2D eigenvalue weighted by atomic mass is 35.5. The molecule has 6 heteroatoms. The molecule has 1 heterocycles. The van der Waals surface area contributed by atoms with Crippen LogP contribution in [-0.2, 0) is 10.3 Å². The molecule has 1 unspecified atom stereocenters. The molecule has 2 N–H and O–H groups in total. The Bertz CT molecular complexity index is 367. The van der Waals surface area contributed by atoms with Crippen molar-refractivity contribution in [3.8, 4) is 5.75 Å². The Morgan fingerprint density at radius 1 is 1.28 bits per heavy atom. The first-order valence-corrected chi connectivity index (χ1v) is 5.52. The average Bonchev–Trinajstić information content (AvgIpc) is 2.30. The third-order valence-corrected chi connectivity index (χ3v) is 2.93. The molecular weight excluding hydrogens is 264 g/mol. The third kappa shape index (κ3) is 3.54. The average molecular weight is 280 g/mol. The summed E-state index contributed by atoms with van der Waals surface area (Å²) < 4.78 is 33.6. The van der Waals surface area contributed by atoms with Crippen LogP contribution in [0.15, 0.2) is 24.3 Å². The Morgan fingerprint density at radius 2 is 1.94 bits per heavy atom. The Kier molecular flexibility index (Phi) is 5.31. The van der Waals surface area contributed by atoms with E-state index >= 15 is 0 Å². The van der Waals surface area contributed by atoms with Crippen molar-refractivity contribution in [2.45, 2.75) is 25.0 Å². The van der Waals surface area contributed by atoms with Crippen LogP contribution in [0.3, 0.4) is 0 Å². The van der Waals surface area contributed by atoms with Gasteiger partial charge in [-0.2, -0.15) is 8.78 Å². The predicted molar refractivity (Wildman–Crippen MR) is 66.2 cm³/mol. The quantitative estimate of drug-likeness (QED) is 0.925.